The van der Waals surface area contributed by atoms with Crippen LogP contribution in [0.1, 0.15) is 19.2 Å². The van der Waals surface area contributed by atoms with Gasteiger partial charge in [-0.25, -0.2) is 9.97 Å². The maximum atomic E-state index is 12.3. The highest BCUT2D eigenvalue weighted by Crippen LogP contribution is 2.30. The van der Waals surface area contributed by atoms with Gasteiger partial charge in [-0.15, -0.1) is 0 Å². The number of carbonyl (C=O) groups excluding carboxylic acids is 2. The van der Waals surface area contributed by atoms with Crippen molar-refractivity contribution in [1.29, 1.82) is 0 Å². The van der Waals surface area contributed by atoms with E-state index in [0.717, 1.165) is 22.8 Å². The lowest BCUT2D eigenvalue weighted by Crippen LogP contribution is -2.24. The first-order valence-electron chi connectivity index (χ1n) is 7.87. The standard InChI is InChI=1S/C18H19N3O2S/c1-12-19-7-6-17(20-12)15-4-3-5-16(9-15)21-10-14(8-18(21)23)11-24-13(2)22/h3-7,9,14H,8,10-11H2,1-2H3. The van der Waals surface area contributed by atoms with E-state index in [1.165, 1.54) is 11.8 Å². The molecule has 0 radical (unpaired) electrons. The van der Waals surface area contributed by atoms with Crippen molar-refractivity contribution in [2.45, 2.75) is 20.3 Å². The molecule has 0 aliphatic carbocycles. The van der Waals surface area contributed by atoms with Crippen LogP contribution < -0.4 is 4.90 Å². The van der Waals surface area contributed by atoms with Gasteiger partial charge in [-0.3, -0.25) is 9.59 Å². The zero-order valence-corrected chi connectivity index (χ0v) is 14.5. The molecule has 1 aliphatic rings. The maximum absolute atomic E-state index is 12.3. The number of benzene rings is 1. The van der Waals surface area contributed by atoms with Crippen molar-refractivity contribution in [2.75, 3.05) is 17.2 Å². The Kier molecular flexibility index (Phi) is 4.94. The molecule has 0 bridgehead atoms. The largest absolute Gasteiger partial charge is 0.312 e. The fraction of sp³-hybridized carbons (Fsp3) is 0.333. The van der Waals surface area contributed by atoms with E-state index in [1.54, 1.807) is 13.1 Å². The molecule has 3 rings (SSSR count). The molecule has 6 heteroatoms. The molecule has 24 heavy (non-hydrogen) atoms. The molecular weight excluding hydrogens is 322 g/mol. The monoisotopic (exact) mass is 341 g/mol. The molecule has 2 aromatic rings. The SMILES string of the molecule is CC(=O)SCC1CC(=O)N(c2cccc(-c3ccnc(C)n3)c2)C1. The average Bonchev–Trinajstić information content (AvgIpc) is 2.94. The van der Waals surface area contributed by atoms with Crippen molar-refractivity contribution in [3.8, 4) is 11.3 Å². The fourth-order valence-electron chi connectivity index (χ4n) is 2.83. The Labute approximate surface area is 145 Å². The Morgan fingerprint density at radius 3 is 2.96 bits per heavy atom. The van der Waals surface area contributed by atoms with Gasteiger partial charge in [-0.1, -0.05) is 23.9 Å². The topological polar surface area (TPSA) is 63.2 Å². The first-order valence-corrected chi connectivity index (χ1v) is 8.85. The van der Waals surface area contributed by atoms with Crippen LogP contribution >= 0.6 is 11.8 Å². The summed E-state index contributed by atoms with van der Waals surface area (Å²) in [7, 11) is 0. The highest BCUT2D eigenvalue weighted by Gasteiger charge is 2.30. The predicted molar refractivity (Wildman–Crippen MR) is 95.8 cm³/mol. The molecule has 1 aliphatic heterocycles. The lowest BCUT2D eigenvalue weighted by atomic mass is 10.1. The van der Waals surface area contributed by atoms with Gasteiger partial charge in [-0.05, 0) is 31.0 Å². The fourth-order valence-corrected chi connectivity index (χ4v) is 3.52. The molecule has 124 valence electrons. The molecule has 0 N–H and O–H groups in total. The Morgan fingerprint density at radius 2 is 2.21 bits per heavy atom. The number of rotatable bonds is 4. The van der Waals surface area contributed by atoms with E-state index in [-0.39, 0.29) is 16.9 Å². The molecule has 2 heterocycles. The van der Waals surface area contributed by atoms with Crippen LogP contribution in [0.4, 0.5) is 5.69 Å². The summed E-state index contributed by atoms with van der Waals surface area (Å²) in [6, 6.07) is 9.71. The molecule has 1 amide bonds. The Morgan fingerprint density at radius 1 is 1.38 bits per heavy atom. The second-order valence-electron chi connectivity index (χ2n) is 5.92. The van der Waals surface area contributed by atoms with Gasteiger partial charge in [0.25, 0.3) is 0 Å². The van der Waals surface area contributed by atoms with Crippen molar-refractivity contribution >= 4 is 28.5 Å². The lowest BCUT2D eigenvalue weighted by molar-refractivity contribution is -0.117. The molecule has 0 saturated carbocycles. The van der Waals surface area contributed by atoms with E-state index in [9.17, 15) is 9.59 Å². The molecule has 1 saturated heterocycles. The first kappa shape index (κ1) is 16.6. The van der Waals surface area contributed by atoms with E-state index >= 15 is 0 Å². The van der Waals surface area contributed by atoms with Crippen LogP contribution in [0, 0.1) is 12.8 Å². The number of amides is 1. The van der Waals surface area contributed by atoms with Gasteiger partial charge in [-0.2, -0.15) is 0 Å². The van der Waals surface area contributed by atoms with E-state index in [4.69, 9.17) is 0 Å². The Balaban J connectivity index is 1.79. The maximum Gasteiger partial charge on any atom is 0.227 e. The van der Waals surface area contributed by atoms with Crippen LogP contribution in [0.15, 0.2) is 36.5 Å². The van der Waals surface area contributed by atoms with Crippen LogP contribution in [-0.4, -0.2) is 33.3 Å². The average molecular weight is 341 g/mol. The van der Waals surface area contributed by atoms with Crippen molar-refractivity contribution in [3.05, 3.63) is 42.4 Å². The molecular formula is C18H19N3O2S. The minimum absolute atomic E-state index is 0.0991. The quantitative estimate of drug-likeness (QED) is 0.855. The van der Waals surface area contributed by atoms with Crippen molar-refractivity contribution in [2.24, 2.45) is 5.92 Å². The molecule has 1 fully saturated rings. The van der Waals surface area contributed by atoms with Gasteiger partial charge in [0.05, 0.1) is 5.69 Å². The Bertz CT molecular complexity index is 778. The summed E-state index contributed by atoms with van der Waals surface area (Å²) in [5, 5.41) is 0.0991. The van der Waals surface area contributed by atoms with E-state index in [2.05, 4.69) is 9.97 Å². The molecule has 1 aromatic carbocycles. The number of aromatic nitrogens is 2. The third-order valence-corrected chi connectivity index (χ3v) is 5.00. The molecule has 5 nitrogen and oxygen atoms in total. The smallest absolute Gasteiger partial charge is 0.227 e. The van der Waals surface area contributed by atoms with Gasteiger partial charge in [0.1, 0.15) is 5.82 Å². The summed E-state index contributed by atoms with van der Waals surface area (Å²) in [4.78, 5) is 33.8. The lowest BCUT2D eigenvalue weighted by Gasteiger charge is -2.17. The summed E-state index contributed by atoms with van der Waals surface area (Å²) in [5.74, 6) is 1.75. The highest BCUT2D eigenvalue weighted by atomic mass is 32.2. The minimum atomic E-state index is 0.0991. The number of nitrogens with zero attached hydrogens (tertiary/aromatic N) is 3. The van der Waals surface area contributed by atoms with Crippen molar-refractivity contribution < 1.29 is 9.59 Å². The zero-order chi connectivity index (χ0) is 17.1. The van der Waals surface area contributed by atoms with Gasteiger partial charge in [0, 0.05) is 43.1 Å². The van der Waals surface area contributed by atoms with E-state index in [1.807, 2.05) is 42.2 Å². The highest BCUT2D eigenvalue weighted by molar-refractivity contribution is 8.13. The number of aryl methyl sites for hydroxylation is 1. The molecule has 1 unspecified atom stereocenters. The molecule has 1 aromatic heterocycles. The van der Waals surface area contributed by atoms with Crippen LogP contribution in [0.3, 0.4) is 0 Å². The Hall–Kier alpha value is -2.21. The molecule has 0 spiro atoms. The second kappa shape index (κ2) is 7.13. The van der Waals surface area contributed by atoms with E-state index in [0.29, 0.717) is 18.7 Å². The van der Waals surface area contributed by atoms with Gasteiger partial charge in [0.15, 0.2) is 5.12 Å². The number of thioether (sulfide) groups is 1. The minimum Gasteiger partial charge on any atom is -0.312 e. The number of carbonyl (C=O) groups is 2. The van der Waals surface area contributed by atoms with Gasteiger partial charge < -0.3 is 4.90 Å². The van der Waals surface area contributed by atoms with Gasteiger partial charge in [0.2, 0.25) is 5.91 Å². The van der Waals surface area contributed by atoms with Crippen LogP contribution in [-0.2, 0) is 9.59 Å². The number of hydrogen-bond acceptors (Lipinski definition) is 5. The third kappa shape index (κ3) is 3.82. The molecule has 1 atom stereocenters. The third-order valence-electron chi connectivity index (χ3n) is 3.96. The normalized spacial score (nSPS) is 17.3. The first-order chi connectivity index (χ1) is 11.5. The summed E-state index contributed by atoms with van der Waals surface area (Å²) in [6.07, 6.45) is 2.23. The van der Waals surface area contributed by atoms with Gasteiger partial charge >= 0.3 is 0 Å². The van der Waals surface area contributed by atoms with Crippen molar-refractivity contribution in [1.82, 2.24) is 9.97 Å². The summed E-state index contributed by atoms with van der Waals surface area (Å²) < 4.78 is 0. The summed E-state index contributed by atoms with van der Waals surface area (Å²) in [5.41, 5.74) is 2.69. The van der Waals surface area contributed by atoms with E-state index < -0.39 is 0 Å². The number of hydrogen-bond donors (Lipinski definition) is 0. The summed E-state index contributed by atoms with van der Waals surface area (Å²) in [6.45, 7) is 4.08. The van der Waals surface area contributed by atoms with Crippen molar-refractivity contribution in [3.63, 3.8) is 0 Å². The zero-order valence-electron chi connectivity index (χ0n) is 13.7. The predicted octanol–water partition coefficient (Wildman–Crippen LogP) is 3.08. The number of anilines is 1. The summed E-state index contributed by atoms with van der Waals surface area (Å²) >= 11 is 1.29. The second-order valence-corrected chi connectivity index (χ2v) is 7.11. The van der Waals surface area contributed by atoms with Crippen LogP contribution in [0.2, 0.25) is 0 Å². The van der Waals surface area contributed by atoms with Crippen LogP contribution in [0.25, 0.3) is 11.3 Å². The van der Waals surface area contributed by atoms with Crippen LogP contribution in [0.5, 0.6) is 0 Å².